The smallest absolute Gasteiger partial charge is 0.340 e. The summed E-state index contributed by atoms with van der Waals surface area (Å²) in [7, 11) is 0. The van der Waals surface area contributed by atoms with Gasteiger partial charge in [-0.2, -0.15) is 5.10 Å². The number of H-pyrrole nitrogens is 2. The van der Waals surface area contributed by atoms with Crippen molar-refractivity contribution in [3.63, 3.8) is 0 Å². The van der Waals surface area contributed by atoms with Crippen LogP contribution < -0.4 is 11.0 Å². The molecule has 0 fully saturated rings. The Kier molecular flexibility index (Phi) is 4.16. The monoisotopic (exact) mass is 276 g/mol. The molecule has 0 aliphatic rings. The van der Waals surface area contributed by atoms with Crippen molar-refractivity contribution in [2.75, 3.05) is 5.32 Å². The number of hydrogen-bond acceptors (Lipinski definition) is 5. The Morgan fingerprint density at radius 3 is 2.35 bits per heavy atom. The van der Waals surface area contributed by atoms with Crippen molar-refractivity contribution < 1.29 is 0 Å². The zero-order chi connectivity index (χ0) is 14.7. The van der Waals surface area contributed by atoms with Crippen LogP contribution in [0, 0.1) is 19.8 Å². The van der Waals surface area contributed by atoms with Gasteiger partial charge in [-0.25, -0.2) is 19.9 Å². The van der Waals surface area contributed by atoms with Crippen molar-refractivity contribution in [2.45, 2.75) is 40.7 Å². The Labute approximate surface area is 117 Å². The largest absolute Gasteiger partial charge is 0.347 e. The molecule has 0 atom stereocenters. The lowest BCUT2D eigenvalue weighted by Gasteiger charge is -2.13. The molecule has 0 saturated heterocycles. The SMILES string of the molecule is Cc1nc(NCc2n[nH]c(=O)[nH]2)nc(C)c1CC(C)C. The van der Waals surface area contributed by atoms with Crippen LogP contribution in [-0.2, 0) is 13.0 Å². The van der Waals surface area contributed by atoms with Gasteiger partial charge in [0, 0.05) is 11.4 Å². The number of rotatable bonds is 5. The zero-order valence-electron chi connectivity index (χ0n) is 12.2. The molecule has 7 heteroatoms. The lowest BCUT2D eigenvalue weighted by Crippen LogP contribution is -2.11. The first-order valence-electron chi connectivity index (χ1n) is 6.67. The second kappa shape index (κ2) is 5.85. The first-order valence-corrected chi connectivity index (χ1v) is 6.67. The molecule has 7 nitrogen and oxygen atoms in total. The number of hydrogen-bond donors (Lipinski definition) is 3. The Morgan fingerprint density at radius 1 is 1.20 bits per heavy atom. The van der Waals surface area contributed by atoms with Gasteiger partial charge in [0.05, 0.1) is 6.54 Å². The van der Waals surface area contributed by atoms with E-state index >= 15 is 0 Å². The predicted octanol–water partition coefficient (Wildman–Crippen LogP) is 1.32. The topological polar surface area (TPSA) is 99.4 Å². The van der Waals surface area contributed by atoms with Gasteiger partial charge in [-0.05, 0) is 31.7 Å². The van der Waals surface area contributed by atoms with Gasteiger partial charge < -0.3 is 5.32 Å². The molecule has 0 amide bonds. The van der Waals surface area contributed by atoms with E-state index in [2.05, 4.69) is 44.3 Å². The van der Waals surface area contributed by atoms with Crippen LogP contribution in [0.2, 0.25) is 0 Å². The van der Waals surface area contributed by atoms with Crippen molar-refractivity contribution >= 4 is 5.95 Å². The average Bonchev–Trinajstić information content (AvgIpc) is 2.77. The average molecular weight is 276 g/mol. The summed E-state index contributed by atoms with van der Waals surface area (Å²) in [6.07, 6.45) is 0.977. The summed E-state index contributed by atoms with van der Waals surface area (Å²) in [5.74, 6) is 1.65. The van der Waals surface area contributed by atoms with Crippen LogP contribution >= 0.6 is 0 Å². The van der Waals surface area contributed by atoms with Gasteiger partial charge in [-0.1, -0.05) is 13.8 Å². The van der Waals surface area contributed by atoms with E-state index in [9.17, 15) is 4.79 Å². The van der Waals surface area contributed by atoms with E-state index in [4.69, 9.17) is 0 Å². The number of aromatic amines is 2. The first kappa shape index (κ1) is 14.2. The summed E-state index contributed by atoms with van der Waals surface area (Å²) < 4.78 is 0. The molecule has 2 heterocycles. The van der Waals surface area contributed by atoms with Crippen LogP contribution in [0.25, 0.3) is 0 Å². The van der Waals surface area contributed by atoms with Gasteiger partial charge in [-0.15, -0.1) is 0 Å². The maximum atomic E-state index is 10.9. The van der Waals surface area contributed by atoms with Gasteiger partial charge in [0.2, 0.25) is 5.95 Å². The van der Waals surface area contributed by atoms with Crippen LogP contribution in [-0.4, -0.2) is 25.1 Å². The highest BCUT2D eigenvalue weighted by Crippen LogP contribution is 2.16. The second-order valence-corrected chi connectivity index (χ2v) is 5.27. The maximum Gasteiger partial charge on any atom is 0.340 e. The van der Waals surface area contributed by atoms with E-state index < -0.39 is 0 Å². The first-order chi connectivity index (χ1) is 9.45. The molecule has 0 aliphatic heterocycles. The Balaban J connectivity index is 2.11. The molecule has 0 bridgehead atoms. The number of aryl methyl sites for hydroxylation is 2. The van der Waals surface area contributed by atoms with Gasteiger partial charge in [-0.3, -0.25) is 4.98 Å². The fourth-order valence-corrected chi connectivity index (χ4v) is 2.07. The molecule has 0 aromatic carbocycles. The highest BCUT2D eigenvalue weighted by molar-refractivity contribution is 5.34. The predicted molar refractivity (Wildman–Crippen MR) is 76.6 cm³/mol. The Hall–Kier alpha value is -2.18. The number of nitrogens with zero attached hydrogens (tertiary/aromatic N) is 3. The van der Waals surface area contributed by atoms with Gasteiger partial charge in [0.25, 0.3) is 0 Å². The van der Waals surface area contributed by atoms with Gasteiger partial charge in [0.15, 0.2) is 0 Å². The molecular weight excluding hydrogens is 256 g/mol. The molecule has 0 saturated carbocycles. The molecule has 2 rings (SSSR count). The molecule has 2 aromatic rings. The fourth-order valence-electron chi connectivity index (χ4n) is 2.07. The highest BCUT2D eigenvalue weighted by Gasteiger charge is 2.10. The normalized spacial score (nSPS) is 11.1. The van der Waals surface area contributed by atoms with Crippen molar-refractivity contribution in [1.82, 2.24) is 25.1 Å². The number of anilines is 1. The molecule has 108 valence electrons. The minimum Gasteiger partial charge on any atom is -0.347 e. The Morgan fingerprint density at radius 2 is 1.85 bits per heavy atom. The fraction of sp³-hybridized carbons (Fsp3) is 0.538. The van der Waals surface area contributed by atoms with Crippen molar-refractivity contribution in [2.24, 2.45) is 5.92 Å². The van der Waals surface area contributed by atoms with E-state index in [1.54, 1.807) is 0 Å². The quantitative estimate of drug-likeness (QED) is 0.764. The highest BCUT2D eigenvalue weighted by atomic mass is 16.1. The zero-order valence-corrected chi connectivity index (χ0v) is 12.2. The van der Waals surface area contributed by atoms with E-state index in [1.165, 1.54) is 5.56 Å². The summed E-state index contributed by atoms with van der Waals surface area (Å²) in [4.78, 5) is 22.4. The minimum absolute atomic E-state index is 0.317. The third-order valence-corrected chi connectivity index (χ3v) is 3.00. The lowest BCUT2D eigenvalue weighted by atomic mass is 10.0. The molecule has 0 aliphatic carbocycles. The van der Waals surface area contributed by atoms with E-state index in [1.807, 2.05) is 13.8 Å². The molecule has 2 aromatic heterocycles. The molecule has 3 N–H and O–H groups in total. The number of nitrogens with one attached hydrogen (secondary N) is 3. The van der Waals surface area contributed by atoms with E-state index in [0.717, 1.165) is 17.8 Å². The van der Waals surface area contributed by atoms with Crippen LogP contribution in [0.15, 0.2) is 4.79 Å². The van der Waals surface area contributed by atoms with Crippen LogP contribution in [0.5, 0.6) is 0 Å². The molecule has 20 heavy (non-hydrogen) atoms. The minimum atomic E-state index is -0.317. The molecule has 0 unspecified atom stereocenters. The maximum absolute atomic E-state index is 10.9. The van der Waals surface area contributed by atoms with Crippen LogP contribution in [0.1, 0.15) is 36.6 Å². The summed E-state index contributed by atoms with van der Waals surface area (Å²) in [6.45, 7) is 8.72. The summed E-state index contributed by atoms with van der Waals surface area (Å²) in [5, 5.41) is 9.20. The number of aromatic nitrogens is 5. The summed E-state index contributed by atoms with van der Waals surface area (Å²) >= 11 is 0. The van der Waals surface area contributed by atoms with Crippen LogP contribution in [0.4, 0.5) is 5.95 Å². The molecule has 0 spiro atoms. The summed E-state index contributed by atoms with van der Waals surface area (Å²) in [6, 6.07) is 0. The standard InChI is InChI=1S/C13H20N6O/c1-7(2)5-10-8(3)15-12(16-9(10)4)14-6-11-17-13(20)19-18-11/h7H,5-6H2,1-4H3,(H,14,15,16)(H2,17,18,19,20). The molecular formula is C13H20N6O. The molecule has 0 radical (unpaired) electrons. The van der Waals surface area contributed by atoms with E-state index in [-0.39, 0.29) is 5.69 Å². The second-order valence-electron chi connectivity index (χ2n) is 5.27. The van der Waals surface area contributed by atoms with Crippen molar-refractivity contribution in [3.05, 3.63) is 33.3 Å². The van der Waals surface area contributed by atoms with E-state index in [0.29, 0.717) is 24.2 Å². The third kappa shape index (κ3) is 3.43. The van der Waals surface area contributed by atoms with Gasteiger partial charge >= 0.3 is 5.69 Å². The third-order valence-electron chi connectivity index (χ3n) is 3.00. The van der Waals surface area contributed by atoms with Crippen LogP contribution in [0.3, 0.4) is 0 Å². The summed E-state index contributed by atoms with van der Waals surface area (Å²) in [5.41, 5.74) is 2.87. The van der Waals surface area contributed by atoms with Crippen molar-refractivity contribution in [1.29, 1.82) is 0 Å². The van der Waals surface area contributed by atoms with Crippen molar-refractivity contribution in [3.8, 4) is 0 Å². The Bertz CT molecular complexity index is 619. The van der Waals surface area contributed by atoms with Gasteiger partial charge in [0.1, 0.15) is 5.82 Å². The lowest BCUT2D eigenvalue weighted by molar-refractivity contribution is 0.636.